The number of anilines is 1. The second-order valence-corrected chi connectivity index (χ2v) is 10.9. The number of carbonyl (C=O) groups is 2. The summed E-state index contributed by atoms with van der Waals surface area (Å²) in [4.78, 5) is 27.1. The first-order valence-electron chi connectivity index (χ1n) is 10.5. The summed E-state index contributed by atoms with van der Waals surface area (Å²) in [6, 6.07) is 23.4. The van der Waals surface area contributed by atoms with Gasteiger partial charge in [-0.3, -0.25) is 14.5 Å². The van der Waals surface area contributed by atoms with E-state index in [0.29, 0.717) is 14.9 Å². The summed E-state index contributed by atoms with van der Waals surface area (Å²) in [6.45, 7) is 0.135. The molecule has 0 unspecified atom stereocenters. The van der Waals surface area contributed by atoms with Crippen LogP contribution in [0.25, 0.3) is 17.2 Å². The Balaban J connectivity index is 1.35. The highest BCUT2D eigenvalue weighted by Crippen LogP contribution is 2.33. The van der Waals surface area contributed by atoms with E-state index in [9.17, 15) is 18.0 Å². The molecule has 178 valence electrons. The lowest BCUT2D eigenvalue weighted by molar-refractivity contribution is -0.122. The molecule has 3 N–H and O–H groups in total. The lowest BCUT2D eigenvalue weighted by Crippen LogP contribution is -2.31. The summed E-state index contributed by atoms with van der Waals surface area (Å²) in [6.07, 6.45) is 1.82. The van der Waals surface area contributed by atoms with Gasteiger partial charge >= 0.3 is 0 Å². The summed E-state index contributed by atoms with van der Waals surface area (Å²) in [5.41, 5.74) is 3.50. The first-order chi connectivity index (χ1) is 16.7. The third-order valence-electron chi connectivity index (χ3n) is 5.22. The molecule has 1 aliphatic rings. The van der Waals surface area contributed by atoms with Crippen LogP contribution in [-0.4, -0.2) is 36.0 Å². The van der Waals surface area contributed by atoms with Crippen LogP contribution < -0.4 is 10.5 Å². The van der Waals surface area contributed by atoms with Crippen molar-refractivity contribution in [1.29, 1.82) is 0 Å². The van der Waals surface area contributed by atoms with Crippen molar-refractivity contribution in [2.24, 2.45) is 5.14 Å². The molecule has 0 radical (unpaired) electrons. The van der Waals surface area contributed by atoms with E-state index in [2.05, 4.69) is 5.32 Å². The topological polar surface area (TPSA) is 110 Å². The van der Waals surface area contributed by atoms with Crippen LogP contribution in [0, 0.1) is 0 Å². The average Bonchev–Trinajstić information content (AvgIpc) is 3.10. The molecular weight excluding hydrogens is 502 g/mol. The molecule has 1 heterocycles. The summed E-state index contributed by atoms with van der Waals surface area (Å²) >= 11 is 6.56. The van der Waals surface area contributed by atoms with Crippen LogP contribution in [-0.2, 0) is 19.6 Å². The Morgan fingerprint density at radius 3 is 2.23 bits per heavy atom. The molecule has 3 aromatic carbocycles. The standard InChI is InChI=1S/C25H21N3O4S3/c26-35(31,32)21-12-10-20(11-13-21)27-23(29)14-15-28-24(30)22(34-25(28)33)16-17-6-8-19(9-7-17)18-4-2-1-3-5-18/h1-13,16H,14-15H2,(H,27,29)(H2,26,31,32)/b22-16-. The minimum atomic E-state index is -3.80. The molecule has 10 heteroatoms. The maximum absolute atomic E-state index is 12.9. The number of nitrogens with one attached hydrogen (secondary N) is 1. The van der Waals surface area contributed by atoms with Crippen molar-refractivity contribution in [3.8, 4) is 11.1 Å². The van der Waals surface area contributed by atoms with E-state index in [1.165, 1.54) is 40.9 Å². The predicted molar refractivity (Wildman–Crippen MR) is 143 cm³/mol. The zero-order chi connectivity index (χ0) is 25.0. The van der Waals surface area contributed by atoms with Crippen molar-refractivity contribution in [2.75, 3.05) is 11.9 Å². The normalized spacial score (nSPS) is 15.0. The Morgan fingerprint density at radius 2 is 1.60 bits per heavy atom. The molecule has 1 fully saturated rings. The Hall–Kier alpha value is -3.31. The van der Waals surface area contributed by atoms with Gasteiger partial charge in [-0.25, -0.2) is 13.6 Å². The quantitative estimate of drug-likeness (QED) is 0.354. The number of rotatable bonds is 7. The van der Waals surface area contributed by atoms with Gasteiger partial charge in [0, 0.05) is 18.7 Å². The molecule has 7 nitrogen and oxygen atoms in total. The fourth-order valence-electron chi connectivity index (χ4n) is 3.41. The molecule has 0 aliphatic carbocycles. The number of amides is 2. The van der Waals surface area contributed by atoms with E-state index >= 15 is 0 Å². The fraction of sp³-hybridized carbons (Fsp3) is 0.0800. The smallest absolute Gasteiger partial charge is 0.266 e. The van der Waals surface area contributed by atoms with Crippen molar-refractivity contribution >= 4 is 61.9 Å². The second kappa shape index (κ2) is 10.5. The molecule has 0 spiro atoms. The van der Waals surface area contributed by atoms with E-state index < -0.39 is 10.0 Å². The number of sulfonamides is 1. The van der Waals surface area contributed by atoms with E-state index in [4.69, 9.17) is 17.4 Å². The summed E-state index contributed by atoms with van der Waals surface area (Å²) < 4.78 is 23.1. The van der Waals surface area contributed by atoms with E-state index in [-0.39, 0.29) is 29.7 Å². The van der Waals surface area contributed by atoms with Gasteiger partial charge in [0.2, 0.25) is 15.9 Å². The number of hydrogen-bond donors (Lipinski definition) is 2. The maximum Gasteiger partial charge on any atom is 0.266 e. The highest BCUT2D eigenvalue weighted by molar-refractivity contribution is 8.26. The summed E-state index contributed by atoms with van der Waals surface area (Å²) in [7, 11) is -3.80. The van der Waals surface area contributed by atoms with Crippen molar-refractivity contribution in [3.63, 3.8) is 0 Å². The Kier molecular flexibility index (Phi) is 7.46. The van der Waals surface area contributed by atoms with Gasteiger partial charge in [-0.15, -0.1) is 0 Å². The number of nitrogens with zero attached hydrogens (tertiary/aromatic N) is 1. The van der Waals surface area contributed by atoms with Gasteiger partial charge in [-0.1, -0.05) is 78.6 Å². The van der Waals surface area contributed by atoms with Crippen LogP contribution in [0.1, 0.15) is 12.0 Å². The van der Waals surface area contributed by atoms with E-state index in [1.807, 2.05) is 54.6 Å². The van der Waals surface area contributed by atoms with Gasteiger partial charge < -0.3 is 5.32 Å². The van der Waals surface area contributed by atoms with Gasteiger partial charge in [0.15, 0.2) is 0 Å². The van der Waals surface area contributed by atoms with Crippen molar-refractivity contribution in [2.45, 2.75) is 11.3 Å². The molecule has 1 aliphatic heterocycles. The van der Waals surface area contributed by atoms with Gasteiger partial charge in [0.25, 0.3) is 5.91 Å². The third-order valence-corrected chi connectivity index (χ3v) is 7.53. The first-order valence-corrected chi connectivity index (χ1v) is 13.3. The molecule has 35 heavy (non-hydrogen) atoms. The van der Waals surface area contributed by atoms with Crippen LogP contribution >= 0.6 is 24.0 Å². The average molecular weight is 524 g/mol. The zero-order valence-electron chi connectivity index (χ0n) is 18.4. The van der Waals surface area contributed by atoms with Crippen LogP contribution in [0.3, 0.4) is 0 Å². The number of benzene rings is 3. The molecule has 2 amide bonds. The molecule has 0 saturated carbocycles. The van der Waals surface area contributed by atoms with Gasteiger partial charge in [-0.2, -0.15) is 0 Å². The van der Waals surface area contributed by atoms with Gasteiger partial charge in [0.05, 0.1) is 9.80 Å². The SMILES string of the molecule is NS(=O)(=O)c1ccc(NC(=O)CCN2C(=O)/C(=C/c3ccc(-c4ccccc4)cc3)SC2=S)cc1. The molecular formula is C25H21N3O4S3. The lowest BCUT2D eigenvalue weighted by Gasteiger charge is -2.14. The second-order valence-electron chi connectivity index (χ2n) is 7.69. The number of nitrogens with two attached hydrogens (primary N) is 1. The monoisotopic (exact) mass is 523 g/mol. The molecule has 3 aromatic rings. The minimum Gasteiger partial charge on any atom is -0.326 e. The molecule has 4 rings (SSSR count). The third kappa shape index (κ3) is 6.23. The molecule has 0 atom stereocenters. The van der Waals surface area contributed by atoms with Crippen LogP contribution in [0.15, 0.2) is 88.7 Å². The first kappa shape index (κ1) is 24.8. The van der Waals surface area contributed by atoms with E-state index in [0.717, 1.165) is 16.7 Å². The van der Waals surface area contributed by atoms with Gasteiger partial charge in [-0.05, 0) is 47.0 Å². The number of thioether (sulfide) groups is 1. The van der Waals surface area contributed by atoms with Crippen molar-refractivity contribution in [3.05, 3.63) is 89.3 Å². The van der Waals surface area contributed by atoms with Crippen molar-refractivity contribution < 1.29 is 18.0 Å². The minimum absolute atomic E-state index is 0.0302. The predicted octanol–water partition coefficient (Wildman–Crippen LogP) is 4.23. The lowest BCUT2D eigenvalue weighted by atomic mass is 10.0. The fourth-order valence-corrected chi connectivity index (χ4v) is 5.24. The molecule has 0 aromatic heterocycles. The Labute approximate surface area is 213 Å². The number of hydrogen-bond acceptors (Lipinski definition) is 6. The van der Waals surface area contributed by atoms with Crippen molar-refractivity contribution in [1.82, 2.24) is 4.90 Å². The van der Waals surface area contributed by atoms with Crippen LogP contribution in [0.5, 0.6) is 0 Å². The maximum atomic E-state index is 12.9. The highest BCUT2D eigenvalue weighted by atomic mass is 32.2. The Morgan fingerprint density at radius 1 is 0.971 bits per heavy atom. The highest BCUT2D eigenvalue weighted by Gasteiger charge is 2.32. The summed E-state index contributed by atoms with van der Waals surface area (Å²) in [5, 5.41) is 7.74. The molecule has 1 saturated heterocycles. The van der Waals surface area contributed by atoms with Crippen LogP contribution in [0.4, 0.5) is 5.69 Å². The number of thiocarbonyl (C=S) groups is 1. The Bertz CT molecular complexity index is 1400. The molecule has 0 bridgehead atoms. The zero-order valence-corrected chi connectivity index (χ0v) is 20.8. The summed E-state index contributed by atoms with van der Waals surface area (Å²) in [5.74, 6) is -0.569. The number of carbonyl (C=O) groups excluding carboxylic acids is 2. The van der Waals surface area contributed by atoms with E-state index in [1.54, 1.807) is 6.08 Å². The van der Waals surface area contributed by atoms with Crippen LogP contribution in [0.2, 0.25) is 0 Å². The van der Waals surface area contributed by atoms with Gasteiger partial charge in [0.1, 0.15) is 4.32 Å². The number of primary sulfonamides is 1. The largest absolute Gasteiger partial charge is 0.326 e.